The molecule has 0 heterocycles. The topological polar surface area (TPSA) is 0 Å². The zero-order chi connectivity index (χ0) is 12.9. The van der Waals surface area contributed by atoms with Crippen LogP contribution in [0.3, 0.4) is 0 Å². The molecule has 1 saturated carbocycles. The van der Waals surface area contributed by atoms with E-state index in [0.29, 0.717) is 0 Å². The number of hydrogen-bond donors (Lipinski definition) is 0. The third-order valence-electron chi connectivity index (χ3n) is 3.73. The van der Waals surface area contributed by atoms with Crippen molar-refractivity contribution in [1.82, 2.24) is 0 Å². The number of allylic oxidation sites excluding steroid dienone is 6. The summed E-state index contributed by atoms with van der Waals surface area (Å²) in [5.74, 6) is 0.849. The standard InChI is InChI=1S/C18H30/c1-2-3-4-5-6-7-8-9-10-12-15-18-16-13-11-14-17-18/h7-10,12,15,18H,2-6,11,13-14,16-17H2,1H3/b8-7+,10-9+,15-12+. The molecule has 1 aliphatic carbocycles. The molecular formula is C18H30. The van der Waals surface area contributed by atoms with Gasteiger partial charge in [-0.25, -0.2) is 0 Å². The molecule has 0 nitrogen and oxygen atoms in total. The van der Waals surface area contributed by atoms with E-state index in [1.54, 1.807) is 0 Å². The molecule has 0 aromatic rings. The average molecular weight is 246 g/mol. The zero-order valence-electron chi connectivity index (χ0n) is 12.1. The van der Waals surface area contributed by atoms with Crippen LogP contribution in [0.1, 0.15) is 71.1 Å². The van der Waals surface area contributed by atoms with Crippen LogP contribution in [0.2, 0.25) is 0 Å². The van der Waals surface area contributed by atoms with Crippen LogP contribution in [0.25, 0.3) is 0 Å². The van der Waals surface area contributed by atoms with Gasteiger partial charge >= 0.3 is 0 Å². The molecular weight excluding hydrogens is 216 g/mol. The predicted molar refractivity (Wildman–Crippen MR) is 82.8 cm³/mol. The first-order valence-electron chi connectivity index (χ1n) is 7.93. The van der Waals surface area contributed by atoms with Crippen molar-refractivity contribution in [3.8, 4) is 0 Å². The fraction of sp³-hybridized carbons (Fsp3) is 0.667. The lowest BCUT2D eigenvalue weighted by molar-refractivity contribution is 0.419. The van der Waals surface area contributed by atoms with Crippen molar-refractivity contribution >= 4 is 0 Å². The normalized spacial score (nSPS) is 18.5. The second-order valence-electron chi connectivity index (χ2n) is 5.45. The summed E-state index contributed by atoms with van der Waals surface area (Å²) in [6.07, 6.45) is 27.2. The van der Waals surface area contributed by atoms with Crippen LogP contribution in [0.15, 0.2) is 36.5 Å². The largest absolute Gasteiger partial charge is 0.0845 e. The van der Waals surface area contributed by atoms with Crippen molar-refractivity contribution in [3.05, 3.63) is 36.5 Å². The van der Waals surface area contributed by atoms with Gasteiger partial charge in [0.1, 0.15) is 0 Å². The monoisotopic (exact) mass is 246 g/mol. The van der Waals surface area contributed by atoms with Crippen molar-refractivity contribution in [2.45, 2.75) is 71.1 Å². The Bertz CT molecular complexity index is 251. The van der Waals surface area contributed by atoms with Gasteiger partial charge in [-0.3, -0.25) is 0 Å². The lowest BCUT2D eigenvalue weighted by Gasteiger charge is -2.17. The van der Waals surface area contributed by atoms with Crippen LogP contribution in [-0.2, 0) is 0 Å². The molecule has 0 aromatic carbocycles. The SMILES string of the molecule is CCCCCC/C=C/C=C/C=C/C1CCCCC1. The third-order valence-corrected chi connectivity index (χ3v) is 3.73. The third kappa shape index (κ3) is 8.33. The Labute approximate surface area is 114 Å². The van der Waals surface area contributed by atoms with Gasteiger partial charge in [0, 0.05) is 0 Å². The molecule has 0 aromatic heterocycles. The molecule has 0 spiro atoms. The molecule has 0 heteroatoms. The summed E-state index contributed by atoms with van der Waals surface area (Å²) >= 11 is 0. The summed E-state index contributed by atoms with van der Waals surface area (Å²) < 4.78 is 0. The lowest BCUT2D eigenvalue weighted by Crippen LogP contribution is -2.02. The van der Waals surface area contributed by atoms with E-state index in [0.717, 1.165) is 5.92 Å². The predicted octanol–water partition coefficient (Wildman–Crippen LogP) is 6.21. The highest BCUT2D eigenvalue weighted by Gasteiger charge is 2.08. The Hall–Kier alpha value is -0.780. The van der Waals surface area contributed by atoms with Crippen LogP contribution < -0.4 is 0 Å². The molecule has 0 saturated heterocycles. The van der Waals surface area contributed by atoms with Gasteiger partial charge in [-0.1, -0.05) is 81.9 Å². The van der Waals surface area contributed by atoms with Crippen LogP contribution in [-0.4, -0.2) is 0 Å². The summed E-state index contributed by atoms with van der Waals surface area (Å²) in [6.45, 7) is 2.26. The van der Waals surface area contributed by atoms with E-state index in [4.69, 9.17) is 0 Å². The minimum atomic E-state index is 0.849. The highest BCUT2D eigenvalue weighted by atomic mass is 14.1. The molecule has 0 aliphatic heterocycles. The zero-order valence-corrected chi connectivity index (χ0v) is 12.1. The van der Waals surface area contributed by atoms with Gasteiger partial charge in [0.15, 0.2) is 0 Å². The molecule has 1 rings (SSSR count). The van der Waals surface area contributed by atoms with Crippen molar-refractivity contribution < 1.29 is 0 Å². The molecule has 102 valence electrons. The van der Waals surface area contributed by atoms with E-state index in [2.05, 4.69) is 43.4 Å². The van der Waals surface area contributed by atoms with Crippen molar-refractivity contribution in [3.63, 3.8) is 0 Å². The van der Waals surface area contributed by atoms with Gasteiger partial charge < -0.3 is 0 Å². The maximum atomic E-state index is 2.39. The van der Waals surface area contributed by atoms with Crippen LogP contribution in [0, 0.1) is 5.92 Å². The van der Waals surface area contributed by atoms with E-state index >= 15 is 0 Å². The fourth-order valence-corrected chi connectivity index (χ4v) is 2.54. The molecule has 0 atom stereocenters. The Balaban J connectivity index is 2.01. The smallest absolute Gasteiger partial charge is 0.0230 e. The number of rotatable bonds is 8. The highest BCUT2D eigenvalue weighted by Crippen LogP contribution is 2.24. The summed E-state index contributed by atoms with van der Waals surface area (Å²) in [5.41, 5.74) is 0. The first-order valence-corrected chi connectivity index (χ1v) is 7.93. The lowest BCUT2D eigenvalue weighted by atomic mass is 9.89. The fourth-order valence-electron chi connectivity index (χ4n) is 2.54. The van der Waals surface area contributed by atoms with E-state index in [1.807, 2.05) is 0 Å². The van der Waals surface area contributed by atoms with Crippen LogP contribution in [0.5, 0.6) is 0 Å². The minimum Gasteiger partial charge on any atom is -0.0845 e. The molecule has 0 N–H and O–H groups in total. The van der Waals surface area contributed by atoms with E-state index in [-0.39, 0.29) is 0 Å². The molecule has 0 amide bonds. The van der Waals surface area contributed by atoms with Gasteiger partial charge in [0.2, 0.25) is 0 Å². The Morgan fingerprint density at radius 2 is 1.61 bits per heavy atom. The molecule has 1 fully saturated rings. The number of unbranched alkanes of at least 4 members (excludes halogenated alkanes) is 4. The van der Waals surface area contributed by atoms with Crippen molar-refractivity contribution in [2.24, 2.45) is 5.92 Å². The Morgan fingerprint density at radius 1 is 0.833 bits per heavy atom. The van der Waals surface area contributed by atoms with Crippen molar-refractivity contribution in [2.75, 3.05) is 0 Å². The molecule has 1 aliphatic rings. The Kier molecular flexibility index (Phi) is 9.61. The first kappa shape index (κ1) is 15.3. The van der Waals surface area contributed by atoms with E-state index < -0.39 is 0 Å². The van der Waals surface area contributed by atoms with Gasteiger partial charge in [0.25, 0.3) is 0 Å². The van der Waals surface area contributed by atoms with Crippen LogP contribution in [0.4, 0.5) is 0 Å². The maximum Gasteiger partial charge on any atom is -0.0230 e. The average Bonchev–Trinajstić information content (AvgIpc) is 2.42. The van der Waals surface area contributed by atoms with Gasteiger partial charge in [-0.05, 0) is 31.6 Å². The second-order valence-corrected chi connectivity index (χ2v) is 5.45. The minimum absolute atomic E-state index is 0.849. The molecule has 0 radical (unpaired) electrons. The maximum absolute atomic E-state index is 2.39. The van der Waals surface area contributed by atoms with Gasteiger partial charge in [-0.2, -0.15) is 0 Å². The molecule has 18 heavy (non-hydrogen) atoms. The summed E-state index contributed by atoms with van der Waals surface area (Å²) in [4.78, 5) is 0. The summed E-state index contributed by atoms with van der Waals surface area (Å²) in [6, 6.07) is 0. The number of hydrogen-bond acceptors (Lipinski definition) is 0. The second kappa shape index (κ2) is 11.3. The summed E-state index contributed by atoms with van der Waals surface area (Å²) in [5, 5.41) is 0. The van der Waals surface area contributed by atoms with Crippen LogP contribution >= 0.6 is 0 Å². The highest BCUT2D eigenvalue weighted by molar-refractivity contribution is 5.11. The van der Waals surface area contributed by atoms with E-state index in [9.17, 15) is 0 Å². The van der Waals surface area contributed by atoms with Gasteiger partial charge in [-0.15, -0.1) is 0 Å². The van der Waals surface area contributed by atoms with Crippen molar-refractivity contribution in [1.29, 1.82) is 0 Å². The molecule has 0 bridgehead atoms. The quantitative estimate of drug-likeness (QED) is 0.353. The summed E-state index contributed by atoms with van der Waals surface area (Å²) in [7, 11) is 0. The van der Waals surface area contributed by atoms with E-state index in [1.165, 1.54) is 64.2 Å². The first-order chi connectivity index (χ1) is 8.93. The van der Waals surface area contributed by atoms with Gasteiger partial charge in [0.05, 0.1) is 0 Å². The molecule has 0 unspecified atom stereocenters. The Morgan fingerprint density at radius 3 is 2.39 bits per heavy atom.